The first-order chi connectivity index (χ1) is 13.7. The van der Waals surface area contributed by atoms with Crippen molar-refractivity contribution in [2.45, 2.75) is 25.3 Å². The molecule has 2 heterocycles. The summed E-state index contributed by atoms with van der Waals surface area (Å²) in [5.41, 5.74) is 1.10. The molecule has 0 saturated carbocycles. The Morgan fingerprint density at radius 1 is 1.21 bits per heavy atom. The fourth-order valence-electron chi connectivity index (χ4n) is 3.68. The summed E-state index contributed by atoms with van der Waals surface area (Å²) in [4.78, 5) is 9.74. The van der Waals surface area contributed by atoms with Gasteiger partial charge in [-0.1, -0.05) is 41.1 Å². The number of likely N-dealkylation sites (N-methyl/N-ethyl adjacent to an activating group) is 1. The van der Waals surface area contributed by atoms with Gasteiger partial charge >= 0.3 is 0 Å². The molecule has 1 aliphatic rings. The van der Waals surface area contributed by atoms with E-state index in [9.17, 15) is 0 Å². The van der Waals surface area contributed by atoms with Gasteiger partial charge in [-0.05, 0) is 56.1 Å². The van der Waals surface area contributed by atoms with Gasteiger partial charge in [-0.2, -0.15) is 0 Å². The van der Waals surface area contributed by atoms with Crippen molar-refractivity contribution in [2.75, 3.05) is 38.2 Å². The van der Waals surface area contributed by atoms with Gasteiger partial charge in [-0.25, -0.2) is 4.98 Å². The Kier molecular flexibility index (Phi) is 6.35. The molecular weight excluding hydrogens is 390 g/mol. The molecular formula is C22H26ClN3OS. The molecule has 6 heteroatoms. The van der Waals surface area contributed by atoms with Crippen LogP contribution in [0.3, 0.4) is 0 Å². The third kappa shape index (κ3) is 4.77. The van der Waals surface area contributed by atoms with Crippen LogP contribution < -0.4 is 9.64 Å². The van der Waals surface area contributed by atoms with Crippen molar-refractivity contribution >= 4 is 38.3 Å². The summed E-state index contributed by atoms with van der Waals surface area (Å²) in [6.45, 7) is 4.14. The van der Waals surface area contributed by atoms with Crippen LogP contribution in [0.1, 0.15) is 19.3 Å². The molecule has 28 heavy (non-hydrogen) atoms. The normalized spacial score (nSPS) is 17.3. The van der Waals surface area contributed by atoms with E-state index < -0.39 is 0 Å². The molecule has 1 unspecified atom stereocenters. The topological polar surface area (TPSA) is 28.6 Å². The Balaban J connectivity index is 1.20. The number of thiazole rings is 1. The number of nitrogens with zero attached hydrogens (tertiary/aromatic N) is 3. The van der Waals surface area contributed by atoms with Crippen LogP contribution in [0.4, 0.5) is 5.13 Å². The number of hydrogen-bond acceptors (Lipinski definition) is 5. The molecule has 1 fully saturated rings. The molecule has 4 nitrogen and oxygen atoms in total. The minimum atomic E-state index is 0.545. The Morgan fingerprint density at radius 3 is 2.96 bits per heavy atom. The number of rotatable bonds is 8. The number of para-hydroxylation sites is 1. The highest BCUT2D eigenvalue weighted by Crippen LogP contribution is 2.30. The van der Waals surface area contributed by atoms with E-state index in [4.69, 9.17) is 21.3 Å². The standard InChI is InChI=1S/C22H26ClN3OS/c1-25(22-24-20-9-2-3-10-21(20)28-22)18-11-13-26(16-18)12-4-5-14-27-19-8-6-7-17(23)15-19/h2-3,6-10,15,18H,4-5,11-14,16H2,1H3. The molecule has 1 aromatic heterocycles. The van der Waals surface area contributed by atoms with Crippen molar-refractivity contribution in [3.8, 4) is 5.75 Å². The third-order valence-corrected chi connectivity index (χ3v) is 6.68. The van der Waals surface area contributed by atoms with Crippen molar-refractivity contribution in [1.82, 2.24) is 9.88 Å². The number of anilines is 1. The molecule has 1 saturated heterocycles. The largest absolute Gasteiger partial charge is 0.494 e. The van der Waals surface area contributed by atoms with Gasteiger partial charge in [0.1, 0.15) is 5.75 Å². The van der Waals surface area contributed by atoms with Gasteiger partial charge in [-0.3, -0.25) is 0 Å². The minimum absolute atomic E-state index is 0.545. The van der Waals surface area contributed by atoms with Crippen LogP contribution >= 0.6 is 22.9 Å². The summed E-state index contributed by atoms with van der Waals surface area (Å²) < 4.78 is 7.04. The van der Waals surface area contributed by atoms with Crippen molar-refractivity contribution in [1.29, 1.82) is 0 Å². The molecule has 0 amide bonds. The lowest BCUT2D eigenvalue weighted by molar-refractivity contribution is 0.278. The average molecular weight is 416 g/mol. The lowest BCUT2D eigenvalue weighted by atomic mass is 10.2. The number of benzene rings is 2. The molecule has 1 atom stereocenters. The number of unbranched alkanes of at least 4 members (excludes halogenated alkanes) is 1. The minimum Gasteiger partial charge on any atom is -0.494 e. The lowest BCUT2D eigenvalue weighted by Gasteiger charge is -2.24. The highest BCUT2D eigenvalue weighted by Gasteiger charge is 2.27. The Labute approximate surface area is 175 Å². The second-order valence-corrected chi connectivity index (χ2v) is 8.78. The molecule has 148 valence electrons. The summed E-state index contributed by atoms with van der Waals surface area (Å²) in [6.07, 6.45) is 3.41. The van der Waals surface area contributed by atoms with Gasteiger partial charge in [0, 0.05) is 31.2 Å². The van der Waals surface area contributed by atoms with Crippen LogP contribution in [-0.4, -0.2) is 49.2 Å². The number of aromatic nitrogens is 1. The van der Waals surface area contributed by atoms with Gasteiger partial charge in [0.05, 0.1) is 16.8 Å². The van der Waals surface area contributed by atoms with Gasteiger partial charge in [-0.15, -0.1) is 0 Å². The van der Waals surface area contributed by atoms with Gasteiger partial charge in [0.15, 0.2) is 5.13 Å². The van der Waals surface area contributed by atoms with Gasteiger partial charge < -0.3 is 14.5 Å². The first kappa shape index (κ1) is 19.5. The van der Waals surface area contributed by atoms with E-state index in [0.717, 1.165) is 60.5 Å². The van der Waals surface area contributed by atoms with Crippen LogP contribution in [0.5, 0.6) is 5.75 Å². The second-order valence-electron chi connectivity index (χ2n) is 7.33. The zero-order valence-electron chi connectivity index (χ0n) is 16.2. The van der Waals surface area contributed by atoms with E-state index >= 15 is 0 Å². The highest BCUT2D eigenvalue weighted by molar-refractivity contribution is 7.22. The molecule has 2 aromatic carbocycles. The summed E-state index contributed by atoms with van der Waals surface area (Å²) >= 11 is 7.77. The summed E-state index contributed by atoms with van der Waals surface area (Å²) in [6, 6.07) is 16.5. The fraction of sp³-hybridized carbons (Fsp3) is 0.409. The maximum absolute atomic E-state index is 5.98. The van der Waals surface area contributed by atoms with E-state index in [-0.39, 0.29) is 0 Å². The number of ether oxygens (including phenoxy) is 1. The van der Waals surface area contributed by atoms with E-state index in [2.05, 4.69) is 41.1 Å². The Hall–Kier alpha value is -1.82. The predicted molar refractivity (Wildman–Crippen MR) is 119 cm³/mol. The van der Waals surface area contributed by atoms with Crippen molar-refractivity contribution in [3.63, 3.8) is 0 Å². The highest BCUT2D eigenvalue weighted by atomic mass is 35.5. The number of halogens is 1. The maximum atomic E-state index is 5.98. The zero-order chi connectivity index (χ0) is 19.3. The molecule has 0 bridgehead atoms. The van der Waals surface area contributed by atoms with Gasteiger partial charge in [0.25, 0.3) is 0 Å². The second kappa shape index (κ2) is 9.12. The van der Waals surface area contributed by atoms with Gasteiger partial charge in [0.2, 0.25) is 0 Å². The first-order valence-corrected chi connectivity index (χ1v) is 11.1. The number of likely N-dealkylation sites (tertiary alicyclic amines) is 1. The Bertz CT molecular complexity index is 882. The van der Waals surface area contributed by atoms with Crippen LogP contribution in [0, 0.1) is 0 Å². The van der Waals surface area contributed by atoms with E-state index in [1.54, 1.807) is 11.3 Å². The number of hydrogen-bond donors (Lipinski definition) is 0. The van der Waals surface area contributed by atoms with Crippen LogP contribution in [0.15, 0.2) is 48.5 Å². The van der Waals surface area contributed by atoms with Crippen molar-refractivity contribution in [3.05, 3.63) is 53.6 Å². The molecule has 0 aliphatic carbocycles. The zero-order valence-corrected chi connectivity index (χ0v) is 17.8. The Morgan fingerprint density at radius 2 is 2.11 bits per heavy atom. The van der Waals surface area contributed by atoms with Crippen LogP contribution in [0.2, 0.25) is 5.02 Å². The van der Waals surface area contributed by atoms with E-state index in [0.29, 0.717) is 6.04 Å². The molecule has 1 aliphatic heterocycles. The monoisotopic (exact) mass is 415 g/mol. The predicted octanol–water partition coefficient (Wildman–Crippen LogP) is 5.32. The fourth-order valence-corrected chi connectivity index (χ4v) is 4.86. The summed E-state index contributed by atoms with van der Waals surface area (Å²) in [7, 11) is 2.19. The van der Waals surface area contributed by atoms with Crippen molar-refractivity contribution < 1.29 is 4.74 Å². The average Bonchev–Trinajstić information content (AvgIpc) is 3.34. The molecule has 0 radical (unpaired) electrons. The van der Waals surface area contributed by atoms with E-state index in [1.165, 1.54) is 11.1 Å². The SMILES string of the molecule is CN(c1nc2ccccc2s1)C1CCN(CCCCOc2cccc(Cl)c2)C1. The smallest absolute Gasteiger partial charge is 0.186 e. The molecule has 0 spiro atoms. The summed E-state index contributed by atoms with van der Waals surface area (Å²) in [5.74, 6) is 0.853. The third-order valence-electron chi connectivity index (χ3n) is 5.31. The molecule has 4 rings (SSSR count). The quantitative estimate of drug-likeness (QED) is 0.465. The van der Waals surface area contributed by atoms with E-state index in [1.807, 2.05) is 24.3 Å². The number of fused-ring (bicyclic) bond motifs is 1. The van der Waals surface area contributed by atoms with Crippen molar-refractivity contribution in [2.24, 2.45) is 0 Å². The van der Waals surface area contributed by atoms with Crippen LogP contribution in [0.25, 0.3) is 10.2 Å². The lowest BCUT2D eigenvalue weighted by Crippen LogP contribution is -2.34. The maximum Gasteiger partial charge on any atom is 0.186 e. The molecule has 3 aromatic rings. The summed E-state index contributed by atoms with van der Waals surface area (Å²) in [5, 5.41) is 1.85. The first-order valence-electron chi connectivity index (χ1n) is 9.88. The molecule has 0 N–H and O–H groups in total. The van der Waals surface area contributed by atoms with Crippen LogP contribution in [-0.2, 0) is 0 Å².